The van der Waals surface area contributed by atoms with E-state index < -0.39 is 10.0 Å². The molecule has 0 amide bonds. The molecule has 158 valence electrons. The van der Waals surface area contributed by atoms with Crippen LogP contribution in [0.2, 0.25) is 5.02 Å². The highest BCUT2D eigenvalue weighted by molar-refractivity contribution is 7.92. The molecule has 4 rings (SSSR count). The van der Waals surface area contributed by atoms with Crippen LogP contribution in [0.4, 0.5) is 5.69 Å². The first kappa shape index (κ1) is 20.8. The van der Waals surface area contributed by atoms with E-state index in [1.165, 1.54) is 12.1 Å². The van der Waals surface area contributed by atoms with Gasteiger partial charge in [0.25, 0.3) is 10.0 Å². The van der Waals surface area contributed by atoms with Crippen molar-refractivity contribution in [2.45, 2.75) is 18.7 Å². The smallest absolute Gasteiger partial charge is 0.261 e. The van der Waals surface area contributed by atoms with Crippen molar-refractivity contribution in [3.05, 3.63) is 83.4 Å². The third-order valence-electron chi connectivity index (χ3n) is 4.32. The molecule has 0 unspecified atom stereocenters. The van der Waals surface area contributed by atoms with Gasteiger partial charge in [0, 0.05) is 29.2 Å². The molecule has 10 heteroatoms. The summed E-state index contributed by atoms with van der Waals surface area (Å²) in [6, 6.07) is 14.5. The molecule has 0 saturated carbocycles. The fourth-order valence-electron chi connectivity index (χ4n) is 2.77. The molecule has 0 fully saturated rings. The Kier molecular flexibility index (Phi) is 5.62. The first-order chi connectivity index (χ1) is 14.8. The molecule has 31 heavy (non-hydrogen) atoms. The van der Waals surface area contributed by atoms with Gasteiger partial charge in [0.15, 0.2) is 5.82 Å². The van der Waals surface area contributed by atoms with E-state index in [4.69, 9.17) is 16.3 Å². The highest BCUT2D eigenvalue weighted by atomic mass is 35.5. The van der Waals surface area contributed by atoms with Gasteiger partial charge in [-0.25, -0.2) is 18.1 Å². The maximum atomic E-state index is 12.6. The Labute approximate surface area is 184 Å². The Balaban J connectivity index is 1.50. The van der Waals surface area contributed by atoms with Crippen LogP contribution in [0.25, 0.3) is 5.82 Å². The van der Waals surface area contributed by atoms with Gasteiger partial charge in [-0.2, -0.15) is 10.1 Å². The van der Waals surface area contributed by atoms with E-state index in [0.717, 1.165) is 5.56 Å². The van der Waals surface area contributed by atoms with Crippen LogP contribution in [0.1, 0.15) is 11.4 Å². The van der Waals surface area contributed by atoms with Crippen LogP contribution in [0, 0.1) is 13.8 Å². The average Bonchev–Trinajstić information content (AvgIpc) is 3.26. The van der Waals surface area contributed by atoms with Gasteiger partial charge >= 0.3 is 0 Å². The molecule has 1 N–H and O–H groups in total. The van der Waals surface area contributed by atoms with Gasteiger partial charge in [-0.05, 0) is 61.9 Å². The van der Waals surface area contributed by atoms with Crippen molar-refractivity contribution in [3.8, 4) is 17.4 Å². The molecule has 0 bridgehead atoms. The second kappa shape index (κ2) is 8.37. The van der Waals surface area contributed by atoms with Crippen LogP contribution in [-0.2, 0) is 10.0 Å². The number of sulfonamides is 1. The van der Waals surface area contributed by atoms with Gasteiger partial charge in [0.1, 0.15) is 11.6 Å². The number of nitrogens with one attached hydrogen (secondary N) is 1. The summed E-state index contributed by atoms with van der Waals surface area (Å²) in [5.41, 5.74) is 1.19. The standard InChI is InChI=1S/C21H18ClN5O3S/c1-14-4-9-18(12-19(14)22)31(28,29)26-16-5-7-17(8-6-16)30-21-13-20(24-15(2)25-21)27-11-3-10-23-27/h3-13,26H,1-2H3. The summed E-state index contributed by atoms with van der Waals surface area (Å²) in [5.74, 6) is 1.95. The van der Waals surface area contributed by atoms with E-state index in [1.54, 1.807) is 66.5 Å². The summed E-state index contributed by atoms with van der Waals surface area (Å²) in [6.07, 6.45) is 3.43. The van der Waals surface area contributed by atoms with Crippen LogP contribution < -0.4 is 9.46 Å². The Hall–Kier alpha value is -3.43. The van der Waals surface area contributed by atoms with Crippen LogP contribution in [-0.4, -0.2) is 28.2 Å². The lowest BCUT2D eigenvalue weighted by molar-refractivity contribution is 0.459. The molecule has 0 spiro atoms. The molecule has 4 aromatic rings. The van der Waals surface area contributed by atoms with Crippen molar-refractivity contribution in [2.75, 3.05) is 4.72 Å². The molecule has 2 heterocycles. The zero-order valence-corrected chi connectivity index (χ0v) is 18.2. The van der Waals surface area contributed by atoms with E-state index in [0.29, 0.717) is 34.0 Å². The van der Waals surface area contributed by atoms with Crippen molar-refractivity contribution in [1.29, 1.82) is 0 Å². The summed E-state index contributed by atoms with van der Waals surface area (Å²) in [4.78, 5) is 8.70. The fourth-order valence-corrected chi connectivity index (χ4v) is 4.10. The molecule has 0 atom stereocenters. The quantitative estimate of drug-likeness (QED) is 0.458. The monoisotopic (exact) mass is 455 g/mol. The average molecular weight is 456 g/mol. The number of hydrogen-bond donors (Lipinski definition) is 1. The number of anilines is 1. The van der Waals surface area contributed by atoms with Crippen molar-refractivity contribution < 1.29 is 13.2 Å². The minimum Gasteiger partial charge on any atom is -0.439 e. The number of benzene rings is 2. The highest BCUT2D eigenvalue weighted by Crippen LogP contribution is 2.25. The molecular weight excluding hydrogens is 438 g/mol. The summed E-state index contributed by atoms with van der Waals surface area (Å²) < 4.78 is 35.2. The summed E-state index contributed by atoms with van der Waals surface area (Å²) in [6.45, 7) is 3.57. The normalized spacial score (nSPS) is 11.3. The van der Waals surface area contributed by atoms with Gasteiger partial charge in [0.2, 0.25) is 5.88 Å². The van der Waals surface area contributed by atoms with Crippen LogP contribution in [0.3, 0.4) is 0 Å². The van der Waals surface area contributed by atoms with Gasteiger partial charge in [-0.15, -0.1) is 0 Å². The lowest BCUT2D eigenvalue weighted by Crippen LogP contribution is -2.13. The number of aromatic nitrogens is 4. The maximum Gasteiger partial charge on any atom is 0.261 e. The molecular formula is C21H18ClN5O3S. The van der Waals surface area contributed by atoms with E-state index in [9.17, 15) is 8.42 Å². The largest absolute Gasteiger partial charge is 0.439 e. The van der Waals surface area contributed by atoms with Crippen molar-refractivity contribution in [2.24, 2.45) is 0 Å². The number of rotatable bonds is 6. The maximum absolute atomic E-state index is 12.6. The van der Waals surface area contributed by atoms with Crippen LogP contribution in [0.5, 0.6) is 11.6 Å². The van der Waals surface area contributed by atoms with Crippen LogP contribution in [0.15, 0.2) is 71.9 Å². The Bertz CT molecular complexity index is 1320. The van der Waals surface area contributed by atoms with Gasteiger partial charge < -0.3 is 4.74 Å². The Morgan fingerprint density at radius 3 is 2.48 bits per heavy atom. The van der Waals surface area contributed by atoms with Crippen molar-refractivity contribution in [3.63, 3.8) is 0 Å². The van der Waals surface area contributed by atoms with E-state index in [-0.39, 0.29) is 4.90 Å². The third kappa shape index (κ3) is 4.84. The van der Waals surface area contributed by atoms with Gasteiger partial charge in [0.05, 0.1) is 4.90 Å². The molecule has 0 aliphatic heterocycles. The SMILES string of the molecule is Cc1nc(Oc2ccc(NS(=O)(=O)c3ccc(C)c(Cl)c3)cc2)cc(-n2cccn2)n1. The molecule has 2 aromatic carbocycles. The van der Waals surface area contributed by atoms with Gasteiger partial charge in [-0.3, -0.25) is 4.72 Å². The zero-order valence-electron chi connectivity index (χ0n) is 16.7. The molecule has 0 aliphatic carbocycles. The highest BCUT2D eigenvalue weighted by Gasteiger charge is 2.15. The number of halogens is 1. The van der Waals surface area contributed by atoms with Crippen molar-refractivity contribution in [1.82, 2.24) is 19.7 Å². The number of nitrogens with zero attached hydrogens (tertiary/aromatic N) is 4. The molecule has 0 aliphatic rings. The number of aryl methyl sites for hydroxylation is 2. The summed E-state index contributed by atoms with van der Waals surface area (Å²) >= 11 is 6.05. The van der Waals surface area contributed by atoms with E-state index in [2.05, 4.69) is 19.8 Å². The predicted molar refractivity (Wildman–Crippen MR) is 117 cm³/mol. The number of ether oxygens (including phenoxy) is 1. The molecule has 0 radical (unpaired) electrons. The fraction of sp³-hybridized carbons (Fsp3) is 0.0952. The second-order valence-corrected chi connectivity index (χ2v) is 8.79. The van der Waals surface area contributed by atoms with E-state index in [1.807, 2.05) is 6.92 Å². The minimum atomic E-state index is -3.77. The Morgan fingerprint density at radius 2 is 1.81 bits per heavy atom. The lowest BCUT2D eigenvalue weighted by atomic mass is 10.2. The van der Waals surface area contributed by atoms with E-state index >= 15 is 0 Å². The first-order valence-electron chi connectivity index (χ1n) is 9.23. The molecule has 0 saturated heterocycles. The second-order valence-electron chi connectivity index (χ2n) is 6.71. The Morgan fingerprint density at radius 1 is 1.03 bits per heavy atom. The third-order valence-corrected chi connectivity index (χ3v) is 6.11. The zero-order chi connectivity index (χ0) is 22.0. The summed E-state index contributed by atoms with van der Waals surface area (Å²) in [5, 5.41) is 4.54. The van der Waals surface area contributed by atoms with Gasteiger partial charge in [-0.1, -0.05) is 17.7 Å². The summed E-state index contributed by atoms with van der Waals surface area (Å²) in [7, 11) is -3.77. The topological polar surface area (TPSA) is 99.0 Å². The lowest BCUT2D eigenvalue weighted by Gasteiger charge is -2.11. The first-order valence-corrected chi connectivity index (χ1v) is 11.1. The minimum absolute atomic E-state index is 0.0889. The number of hydrogen-bond acceptors (Lipinski definition) is 6. The van der Waals surface area contributed by atoms with Crippen LogP contribution >= 0.6 is 11.6 Å². The predicted octanol–water partition coefficient (Wildman–Crippen LogP) is 4.53. The molecule has 2 aromatic heterocycles. The molecule has 8 nitrogen and oxygen atoms in total. The van der Waals surface area contributed by atoms with Crippen molar-refractivity contribution >= 4 is 27.3 Å².